The van der Waals surface area contributed by atoms with Crippen molar-refractivity contribution < 1.29 is 28.6 Å². The largest absolute Gasteiger partial charge is 0.377 e. The van der Waals surface area contributed by atoms with Crippen LogP contribution in [0.1, 0.15) is 54.4 Å². The van der Waals surface area contributed by atoms with Gasteiger partial charge >= 0.3 is 0 Å². The van der Waals surface area contributed by atoms with Gasteiger partial charge in [-0.15, -0.1) is 0 Å². The molecule has 9 heteroatoms. The third-order valence-corrected chi connectivity index (χ3v) is 4.98. The minimum Gasteiger partial charge on any atom is -0.377 e. The first-order chi connectivity index (χ1) is 15.7. The summed E-state index contributed by atoms with van der Waals surface area (Å²) >= 11 is 0. The van der Waals surface area contributed by atoms with Gasteiger partial charge in [-0.1, -0.05) is 41.5 Å². The van der Waals surface area contributed by atoms with Gasteiger partial charge in [0.05, 0.1) is 25.9 Å². The van der Waals surface area contributed by atoms with Crippen molar-refractivity contribution in [3.05, 3.63) is 0 Å². The average molecular weight is 474 g/mol. The summed E-state index contributed by atoms with van der Waals surface area (Å²) in [4.78, 5) is 35.6. The molecule has 0 bridgehead atoms. The van der Waals surface area contributed by atoms with Crippen LogP contribution in [0.3, 0.4) is 0 Å². The maximum Gasteiger partial charge on any atom is 0.245 e. The summed E-state index contributed by atoms with van der Waals surface area (Å²) < 4.78 is 15.9. The second-order valence-electron chi connectivity index (χ2n) is 9.00. The highest BCUT2D eigenvalue weighted by Crippen LogP contribution is 2.05. The number of nitrogens with one attached hydrogen (secondary N) is 3. The minimum absolute atomic E-state index is 0.0251. The Morgan fingerprint density at radius 1 is 0.788 bits per heavy atom. The van der Waals surface area contributed by atoms with Gasteiger partial charge in [0, 0.05) is 25.6 Å². The number of Topliss-reactive ketones (excluding diaryl/α,β-unsaturated/α-hetero) is 1. The molecule has 2 atom stereocenters. The molecule has 0 rings (SSSR count). The van der Waals surface area contributed by atoms with Crippen LogP contribution in [-0.4, -0.2) is 82.9 Å². The number of carbonyl (C=O) groups excluding carboxylic acids is 3. The SMILES string of the molecule is CCCOCC(=O)NCCC(C)CNC(C(=O)NCCOCCOCC(=O)C(C)C)C(C)C. The number of rotatable bonds is 21. The highest BCUT2D eigenvalue weighted by atomic mass is 16.5. The summed E-state index contributed by atoms with van der Waals surface area (Å²) in [6, 6.07) is -0.296. The number of ether oxygens (including phenoxy) is 3. The lowest BCUT2D eigenvalue weighted by Gasteiger charge is -2.24. The van der Waals surface area contributed by atoms with Gasteiger partial charge in [-0.25, -0.2) is 0 Å². The van der Waals surface area contributed by atoms with E-state index in [0.717, 1.165) is 12.8 Å². The maximum atomic E-state index is 12.5. The van der Waals surface area contributed by atoms with Gasteiger partial charge in [0.1, 0.15) is 13.2 Å². The summed E-state index contributed by atoms with van der Waals surface area (Å²) in [5.74, 6) is 0.345. The molecule has 3 N–H and O–H groups in total. The summed E-state index contributed by atoms with van der Waals surface area (Å²) in [6.07, 6.45) is 1.71. The third kappa shape index (κ3) is 17.6. The van der Waals surface area contributed by atoms with Gasteiger partial charge in [-0.05, 0) is 31.2 Å². The molecule has 0 aromatic heterocycles. The van der Waals surface area contributed by atoms with Gasteiger partial charge < -0.3 is 30.2 Å². The fourth-order valence-electron chi connectivity index (χ4n) is 2.80. The van der Waals surface area contributed by atoms with E-state index >= 15 is 0 Å². The van der Waals surface area contributed by atoms with Crippen LogP contribution in [0.2, 0.25) is 0 Å². The second-order valence-corrected chi connectivity index (χ2v) is 9.00. The Bertz CT molecular complexity index is 542. The fraction of sp³-hybridized carbons (Fsp3) is 0.875. The molecule has 194 valence electrons. The Balaban J connectivity index is 3.96. The summed E-state index contributed by atoms with van der Waals surface area (Å²) in [5, 5.41) is 9.11. The predicted molar refractivity (Wildman–Crippen MR) is 129 cm³/mol. The summed E-state index contributed by atoms with van der Waals surface area (Å²) in [6.45, 7) is 15.4. The zero-order valence-corrected chi connectivity index (χ0v) is 21.5. The van der Waals surface area contributed by atoms with Crippen LogP contribution in [0.15, 0.2) is 0 Å². The normalized spacial score (nSPS) is 13.2. The zero-order valence-electron chi connectivity index (χ0n) is 21.5. The predicted octanol–water partition coefficient (Wildman–Crippen LogP) is 1.54. The van der Waals surface area contributed by atoms with Crippen molar-refractivity contribution in [2.75, 3.05) is 59.3 Å². The Kier molecular flexibility index (Phi) is 18.9. The topological polar surface area (TPSA) is 115 Å². The van der Waals surface area contributed by atoms with Crippen LogP contribution >= 0.6 is 0 Å². The Hall–Kier alpha value is -1.55. The summed E-state index contributed by atoms with van der Waals surface area (Å²) in [5.41, 5.74) is 0. The van der Waals surface area contributed by atoms with E-state index in [2.05, 4.69) is 22.9 Å². The van der Waals surface area contributed by atoms with Crippen LogP contribution in [0.25, 0.3) is 0 Å². The van der Waals surface area contributed by atoms with Crippen LogP contribution in [0.4, 0.5) is 0 Å². The molecule has 9 nitrogen and oxygen atoms in total. The Labute approximate surface area is 200 Å². The molecule has 0 aliphatic carbocycles. The van der Waals surface area contributed by atoms with Crippen LogP contribution in [0, 0.1) is 17.8 Å². The van der Waals surface area contributed by atoms with Crippen LogP contribution in [0.5, 0.6) is 0 Å². The molecule has 0 spiro atoms. The monoisotopic (exact) mass is 473 g/mol. The lowest BCUT2D eigenvalue weighted by molar-refractivity contribution is -0.127. The van der Waals surface area contributed by atoms with E-state index in [1.165, 1.54) is 0 Å². The molecule has 0 aromatic rings. The lowest BCUT2D eigenvalue weighted by Crippen LogP contribution is -2.49. The molecular formula is C24H47N3O6. The molecule has 0 aliphatic heterocycles. The van der Waals surface area contributed by atoms with Crippen molar-refractivity contribution in [3.8, 4) is 0 Å². The molecule has 33 heavy (non-hydrogen) atoms. The van der Waals surface area contributed by atoms with Crippen molar-refractivity contribution in [1.82, 2.24) is 16.0 Å². The van der Waals surface area contributed by atoms with Crippen molar-refractivity contribution >= 4 is 17.6 Å². The lowest BCUT2D eigenvalue weighted by atomic mass is 10.0. The number of hydrogen-bond acceptors (Lipinski definition) is 7. The van der Waals surface area contributed by atoms with Crippen LogP contribution in [-0.2, 0) is 28.6 Å². The molecule has 2 unspecified atom stereocenters. The standard InChI is InChI=1S/C24H47N3O6/c1-7-11-32-17-22(29)25-9-8-20(6)15-27-23(19(4)5)24(30)26-10-12-31-13-14-33-16-21(28)18(2)3/h18-20,23,27H,7-17H2,1-6H3,(H,25,29)(H,26,30). The first-order valence-corrected chi connectivity index (χ1v) is 12.2. The quantitative estimate of drug-likeness (QED) is 0.217. The average Bonchev–Trinajstić information content (AvgIpc) is 2.75. The zero-order chi connectivity index (χ0) is 25.1. The van der Waals surface area contributed by atoms with Crippen molar-refractivity contribution in [2.24, 2.45) is 17.8 Å². The minimum atomic E-state index is -0.296. The molecule has 0 saturated heterocycles. The number of ketones is 1. The van der Waals surface area contributed by atoms with Crippen LogP contribution < -0.4 is 16.0 Å². The molecule has 0 radical (unpaired) electrons. The van der Waals surface area contributed by atoms with Gasteiger partial charge in [-0.2, -0.15) is 0 Å². The van der Waals surface area contributed by atoms with Crippen molar-refractivity contribution in [3.63, 3.8) is 0 Å². The number of carbonyl (C=O) groups is 3. The second kappa shape index (κ2) is 19.9. The van der Waals surface area contributed by atoms with E-state index in [9.17, 15) is 14.4 Å². The third-order valence-electron chi connectivity index (χ3n) is 4.98. The first-order valence-electron chi connectivity index (χ1n) is 12.2. The highest BCUT2D eigenvalue weighted by Gasteiger charge is 2.21. The van der Waals surface area contributed by atoms with Crippen molar-refractivity contribution in [1.29, 1.82) is 0 Å². The molecule has 0 heterocycles. The Morgan fingerprint density at radius 2 is 1.45 bits per heavy atom. The molecule has 0 aliphatic rings. The van der Waals surface area contributed by atoms with Gasteiger partial charge in [0.25, 0.3) is 0 Å². The van der Waals surface area contributed by atoms with E-state index < -0.39 is 0 Å². The van der Waals surface area contributed by atoms with Gasteiger partial charge in [-0.3, -0.25) is 14.4 Å². The molecule has 0 fully saturated rings. The Morgan fingerprint density at radius 3 is 2.09 bits per heavy atom. The number of amides is 2. The first kappa shape index (κ1) is 31.4. The molecule has 0 aromatic carbocycles. The highest BCUT2D eigenvalue weighted by molar-refractivity contribution is 5.82. The van der Waals surface area contributed by atoms with E-state index in [1.807, 2.05) is 34.6 Å². The van der Waals surface area contributed by atoms with E-state index in [1.54, 1.807) is 0 Å². The molecule has 2 amide bonds. The molecular weight excluding hydrogens is 426 g/mol. The fourth-order valence-corrected chi connectivity index (χ4v) is 2.80. The van der Waals surface area contributed by atoms with E-state index in [-0.39, 0.29) is 48.7 Å². The number of hydrogen-bond donors (Lipinski definition) is 3. The summed E-state index contributed by atoms with van der Waals surface area (Å²) in [7, 11) is 0. The van der Waals surface area contributed by atoms with Gasteiger partial charge in [0.15, 0.2) is 5.78 Å². The maximum absolute atomic E-state index is 12.5. The van der Waals surface area contributed by atoms with Crippen molar-refractivity contribution in [2.45, 2.75) is 60.4 Å². The molecule has 0 saturated carbocycles. The smallest absolute Gasteiger partial charge is 0.245 e. The van der Waals surface area contributed by atoms with E-state index in [4.69, 9.17) is 14.2 Å². The van der Waals surface area contributed by atoms with Gasteiger partial charge in [0.2, 0.25) is 11.8 Å². The van der Waals surface area contributed by atoms with E-state index in [0.29, 0.717) is 52.0 Å².